The number of carbonyl (C=O) groups is 2. The van der Waals surface area contributed by atoms with Crippen LogP contribution in [0.1, 0.15) is 13.3 Å². The standard InChI is InChI=1S/C52H100O26/c1-3-51(53)77-49-47-75-45-43-73-41-39-71-37-35-69-33-31-67-29-27-65-25-23-63-21-19-61-17-15-59-13-11-57-9-7-55-5-6-56-8-10-58-12-14-60-16-18-62-20-22-64-24-26-66-28-30-68-32-34-70-36-38-72-40-42-74-44-46-76-48-50-78-52(54)4-2/h3H,1,4-50H2,2H3. The maximum Gasteiger partial charge on any atom is 0.330 e. The fourth-order valence-electron chi connectivity index (χ4n) is 5.30. The summed E-state index contributed by atoms with van der Waals surface area (Å²) in [6.07, 6.45) is 1.48. The molecule has 0 aromatic carbocycles. The minimum Gasteiger partial charge on any atom is -0.463 e. The largest absolute Gasteiger partial charge is 0.463 e. The van der Waals surface area contributed by atoms with E-state index in [-0.39, 0.29) is 19.2 Å². The Morgan fingerprint density at radius 3 is 0.449 bits per heavy atom. The van der Waals surface area contributed by atoms with Crippen molar-refractivity contribution in [3.63, 3.8) is 0 Å². The molecule has 26 heteroatoms. The summed E-state index contributed by atoms with van der Waals surface area (Å²) in [6, 6.07) is 0. The third-order valence-electron chi connectivity index (χ3n) is 9.23. The van der Waals surface area contributed by atoms with Gasteiger partial charge in [0, 0.05) is 12.5 Å². The van der Waals surface area contributed by atoms with Gasteiger partial charge < -0.3 is 114 Å². The smallest absolute Gasteiger partial charge is 0.330 e. The average molecular weight is 1140 g/mol. The Kier molecular flexibility index (Phi) is 68.9. The van der Waals surface area contributed by atoms with Gasteiger partial charge in [0.05, 0.1) is 291 Å². The summed E-state index contributed by atoms with van der Waals surface area (Å²) in [5, 5.41) is 0. The van der Waals surface area contributed by atoms with E-state index in [2.05, 4.69) is 6.58 Å². The Balaban J connectivity index is 3.09. The molecule has 0 aliphatic heterocycles. The molecule has 26 nitrogen and oxygen atoms in total. The van der Waals surface area contributed by atoms with E-state index >= 15 is 0 Å². The summed E-state index contributed by atoms with van der Waals surface area (Å²) < 4.78 is 130. The number of rotatable bonds is 71. The van der Waals surface area contributed by atoms with Gasteiger partial charge in [-0.1, -0.05) is 13.5 Å². The van der Waals surface area contributed by atoms with E-state index in [1.54, 1.807) is 6.92 Å². The summed E-state index contributed by atoms with van der Waals surface area (Å²) in [6.45, 7) is 26.1. The molecule has 0 radical (unpaired) electrons. The maximum absolute atomic E-state index is 11.0. The van der Waals surface area contributed by atoms with Crippen LogP contribution in [-0.4, -0.2) is 316 Å². The van der Waals surface area contributed by atoms with Gasteiger partial charge in [-0.3, -0.25) is 4.79 Å². The van der Waals surface area contributed by atoms with Crippen LogP contribution >= 0.6 is 0 Å². The molecule has 0 amide bonds. The second-order valence-corrected chi connectivity index (χ2v) is 15.4. The second kappa shape index (κ2) is 70.9. The van der Waals surface area contributed by atoms with Crippen molar-refractivity contribution in [3.8, 4) is 0 Å². The monoisotopic (exact) mass is 1140 g/mol. The predicted octanol–water partition coefficient (Wildman–Crippen LogP) is 1.03. The van der Waals surface area contributed by atoms with Crippen molar-refractivity contribution in [2.75, 3.05) is 304 Å². The topological polar surface area (TPSA) is 256 Å². The van der Waals surface area contributed by atoms with Crippen LogP contribution in [0.15, 0.2) is 12.7 Å². The second-order valence-electron chi connectivity index (χ2n) is 15.4. The molecular formula is C52H100O26. The highest BCUT2D eigenvalue weighted by molar-refractivity contribution is 5.81. The van der Waals surface area contributed by atoms with Crippen LogP contribution in [0.25, 0.3) is 0 Å². The molecule has 0 heterocycles. The molecule has 0 rings (SSSR count). The average Bonchev–Trinajstić information content (AvgIpc) is 3.45. The molecule has 0 unspecified atom stereocenters. The molecule has 0 aromatic rings. The zero-order valence-corrected chi connectivity index (χ0v) is 47.1. The third kappa shape index (κ3) is 69.9. The highest BCUT2D eigenvalue weighted by atomic mass is 16.6. The van der Waals surface area contributed by atoms with Gasteiger partial charge in [0.25, 0.3) is 0 Å². The Hall–Kier alpha value is -2.20. The van der Waals surface area contributed by atoms with E-state index in [4.69, 9.17) is 114 Å². The van der Waals surface area contributed by atoms with Crippen LogP contribution in [0.4, 0.5) is 0 Å². The van der Waals surface area contributed by atoms with Gasteiger partial charge in [-0.05, 0) is 0 Å². The normalized spacial score (nSPS) is 11.5. The van der Waals surface area contributed by atoms with Gasteiger partial charge in [0.2, 0.25) is 0 Å². The summed E-state index contributed by atoms with van der Waals surface area (Å²) in [5.41, 5.74) is 0. The van der Waals surface area contributed by atoms with E-state index in [0.29, 0.717) is 297 Å². The van der Waals surface area contributed by atoms with Crippen LogP contribution in [-0.2, 0) is 123 Å². The van der Waals surface area contributed by atoms with Gasteiger partial charge in [0.15, 0.2) is 0 Å². The van der Waals surface area contributed by atoms with Gasteiger partial charge in [0.1, 0.15) is 13.2 Å². The number of hydrogen-bond acceptors (Lipinski definition) is 26. The Bertz CT molecular complexity index is 1170. The van der Waals surface area contributed by atoms with Gasteiger partial charge in [-0.25, -0.2) is 4.79 Å². The van der Waals surface area contributed by atoms with Crippen molar-refractivity contribution in [3.05, 3.63) is 12.7 Å². The summed E-state index contributed by atoms with van der Waals surface area (Å²) in [5.74, 6) is -0.696. The maximum atomic E-state index is 11.0. The number of carbonyl (C=O) groups excluding carboxylic acids is 2. The first kappa shape index (κ1) is 75.8. The van der Waals surface area contributed by atoms with Crippen molar-refractivity contribution in [2.24, 2.45) is 0 Å². The zero-order valence-electron chi connectivity index (χ0n) is 47.1. The van der Waals surface area contributed by atoms with Crippen molar-refractivity contribution in [2.45, 2.75) is 13.3 Å². The van der Waals surface area contributed by atoms with E-state index in [1.807, 2.05) is 0 Å². The van der Waals surface area contributed by atoms with Crippen LogP contribution in [0, 0.1) is 0 Å². The molecule has 0 saturated heterocycles. The van der Waals surface area contributed by atoms with Crippen LogP contribution in [0.2, 0.25) is 0 Å². The fraction of sp³-hybridized carbons (Fsp3) is 0.923. The van der Waals surface area contributed by atoms with Crippen LogP contribution in [0.5, 0.6) is 0 Å². The lowest BCUT2D eigenvalue weighted by Crippen LogP contribution is -2.16. The lowest BCUT2D eigenvalue weighted by molar-refractivity contribution is -0.145. The molecule has 0 N–H and O–H groups in total. The molecule has 0 aromatic heterocycles. The van der Waals surface area contributed by atoms with Gasteiger partial charge in [-0.15, -0.1) is 0 Å². The van der Waals surface area contributed by atoms with Crippen molar-refractivity contribution in [1.82, 2.24) is 0 Å². The first-order valence-corrected chi connectivity index (χ1v) is 27.4. The Morgan fingerprint density at radius 1 is 0.218 bits per heavy atom. The minimum atomic E-state index is -0.466. The molecule has 0 saturated carbocycles. The number of ether oxygens (including phenoxy) is 24. The first-order chi connectivity index (χ1) is 38.7. The van der Waals surface area contributed by atoms with E-state index in [9.17, 15) is 9.59 Å². The lowest BCUT2D eigenvalue weighted by Gasteiger charge is -2.09. The van der Waals surface area contributed by atoms with E-state index < -0.39 is 5.97 Å². The quantitative estimate of drug-likeness (QED) is 0.0468. The molecule has 78 heavy (non-hydrogen) atoms. The first-order valence-electron chi connectivity index (χ1n) is 27.4. The van der Waals surface area contributed by atoms with Crippen LogP contribution < -0.4 is 0 Å². The fourth-order valence-corrected chi connectivity index (χ4v) is 5.30. The number of hydrogen-bond donors (Lipinski definition) is 0. The molecule has 0 aliphatic carbocycles. The van der Waals surface area contributed by atoms with Crippen LogP contribution in [0.3, 0.4) is 0 Å². The van der Waals surface area contributed by atoms with E-state index in [0.717, 1.165) is 6.08 Å². The van der Waals surface area contributed by atoms with Crippen molar-refractivity contribution >= 4 is 11.9 Å². The molecule has 0 atom stereocenters. The highest BCUT2D eigenvalue weighted by Gasteiger charge is 2.01. The van der Waals surface area contributed by atoms with Crippen molar-refractivity contribution in [1.29, 1.82) is 0 Å². The molecular weight excluding hydrogens is 1040 g/mol. The molecule has 0 bridgehead atoms. The number of esters is 2. The SMILES string of the molecule is C=CC(=O)OCCOCCOCCOCCOCCOCCOCCOCCOCCOCCOCCOCCOCCOCCOCCOCCOCCOCCOCCOCCOCCOCCOCCOC(=O)CC. The summed E-state index contributed by atoms with van der Waals surface area (Å²) in [4.78, 5) is 21.9. The van der Waals surface area contributed by atoms with Gasteiger partial charge in [-0.2, -0.15) is 0 Å². The third-order valence-corrected chi connectivity index (χ3v) is 9.23. The molecule has 464 valence electrons. The highest BCUT2D eigenvalue weighted by Crippen LogP contribution is 1.92. The Labute approximate surface area is 464 Å². The van der Waals surface area contributed by atoms with E-state index in [1.165, 1.54) is 0 Å². The molecule has 0 fully saturated rings. The zero-order chi connectivity index (χ0) is 56.1. The van der Waals surface area contributed by atoms with Crippen molar-refractivity contribution < 1.29 is 123 Å². The summed E-state index contributed by atoms with van der Waals surface area (Å²) in [7, 11) is 0. The molecule has 0 spiro atoms. The van der Waals surface area contributed by atoms with Gasteiger partial charge >= 0.3 is 11.9 Å². The minimum absolute atomic E-state index is 0.189. The lowest BCUT2D eigenvalue weighted by atomic mass is 10.5. The molecule has 0 aliphatic rings. The predicted molar refractivity (Wildman–Crippen MR) is 280 cm³/mol. The Morgan fingerprint density at radius 2 is 0.333 bits per heavy atom. The summed E-state index contributed by atoms with van der Waals surface area (Å²) >= 11 is 0.